The molecule has 6 heteroatoms. The minimum Gasteiger partial charge on any atom is -0.366 e. The van der Waals surface area contributed by atoms with E-state index in [-0.39, 0.29) is 5.56 Å². The number of pyridine rings is 1. The van der Waals surface area contributed by atoms with Crippen molar-refractivity contribution in [3.8, 4) is 11.4 Å². The van der Waals surface area contributed by atoms with Crippen LogP contribution < -0.4 is 10.9 Å². The van der Waals surface area contributed by atoms with Crippen LogP contribution in [0.3, 0.4) is 0 Å². The molecule has 2 atom stereocenters. The van der Waals surface area contributed by atoms with Crippen LogP contribution in [0.1, 0.15) is 38.8 Å². The molecular weight excluding hydrogens is 320 g/mol. The largest absolute Gasteiger partial charge is 0.366 e. The van der Waals surface area contributed by atoms with Gasteiger partial charge in [-0.2, -0.15) is 11.8 Å². The second kappa shape index (κ2) is 7.83. The van der Waals surface area contributed by atoms with Crippen LogP contribution in [-0.4, -0.2) is 32.0 Å². The summed E-state index contributed by atoms with van der Waals surface area (Å²) in [6, 6.07) is 5.97. The van der Waals surface area contributed by atoms with Crippen molar-refractivity contribution in [3.05, 3.63) is 40.4 Å². The zero-order valence-electron chi connectivity index (χ0n) is 14.2. The molecule has 2 unspecified atom stereocenters. The molecule has 1 fully saturated rings. The highest BCUT2D eigenvalue weighted by molar-refractivity contribution is 7.99. The molecule has 2 aromatic rings. The summed E-state index contributed by atoms with van der Waals surface area (Å²) in [5.41, 5.74) is 1.50. The van der Waals surface area contributed by atoms with Crippen LogP contribution in [0.25, 0.3) is 11.4 Å². The molecule has 128 valence electrons. The van der Waals surface area contributed by atoms with Gasteiger partial charge in [0.25, 0.3) is 5.56 Å². The molecule has 5 nitrogen and oxygen atoms in total. The van der Waals surface area contributed by atoms with E-state index in [9.17, 15) is 4.79 Å². The quantitative estimate of drug-likeness (QED) is 0.839. The zero-order chi connectivity index (χ0) is 16.9. The Hall–Kier alpha value is -1.82. The molecule has 1 saturated carbocycles. The van der Waals surface area contributed by atoms with Crippen LogP contribution >= 0.6 is 11.8 Å². The van der Waals surface area contributed by atoms with Crippen LogP contribution in [0.2, 0.25) is 0 Å². The van der Waals surface area contributed by atoms with Crippen molar-refractivity contribution in [2.45, 2.75) is 50.8 Å². The maximum Gasteiger partial charge on any atom is 0.251 e. The van der Waals surface area contributed by atoms with E-state index in [2.05, 4.69) is 27.2 Å². The molecule has 0 saturated heterocycles. The van der Waals surface area contributed by atoms with Gasteiger partial charge in [-0.15, -0.1) is 0 Å². The average Bonchev–Trinajstić information content (AvgIpc) is 3.02. The number of thioether (sulfide) groups is 1. The Morgan fingerprint density at radius 3 is 2.92 bits per heavy atom. The molecule has 24 heavy (non-hydrogen) atoms. The lowest BCUT2D eigenvalue weighted by molar-refractivity contribution is 0.762. The SMILES string of the molecule is CCSC1CCCC1Nc1ccc(-c2nc(CC)cc(=O)[nH]2)cn1. The van der Waals surface area contributed by atoms with Gasteiger partial charge in [-0.3, -0.25) is 4.79 Å². The monoisotopic (exact) mass is 344 g/mol. The molecule has 3 rings (SSSR count). The maximum atomic E-state index is 11.7. The van der Waals surface area contributed by atoms with E-state index in [4.69, 9.17) is 0 Å². The number of H-pyrrole nitrogens is 1. The second-order valence-electron chi connectivity index (χ2n) is 6.05. The van der Waals surface area contributed by atoms with Gasteiger partial charge in [-0.25, -0.2) is 9.97 Å². The zero-order valence-corrected chi connectivity index (χ0v) is 15.0. The summed E-state index contributed by atoms with van der Waals surface area (Å²) in [4.78, 5) is 23.5. The number of aromatic amines is 1. The topological polar surface area (TPSA) is 70.7 Å². The molecule has 0 radical (unpaired) electrons. The second-order valence-corrected chi connectivity index (χ2v) is 7.56. The number of nitrogens with one attached hydrogen (secondary N) is 2. The van der Waals surface area contributed by atoms with Gasteiger partial charge in [0, 0.05) is 34.8 Å². The first-order valence-electron chi connectivity index (χ1n) is 8.64. The Kier molecular flexibility index (Phi) is 5.56. The lowest BCUT2D eigenvalue weighted by Gasteiger charge is -2.20. The van der Waals surface area contributed by atoms with Gasteiger partial charge >= 0.3 is 0 Å². The molecule has 2 N–H and O–H groups in total. The van der Waals surface area contributed by atoms with Crippen LogP contribution in [0.5, 0.6) is 0 Å². The summed E-state index contributed by atoms with van der Waals surface area (Å²) in [7, 11) is 0. The Morgan fingerprint density at radius 1 is 1.33 bits per heavy atom. The molecule has 0 amide bonds. The number of aryl methyl sites for hydroxylation is 1. The van der Waals surface area contributed by atoms with Gasteiger partial charge in [0.2, 0.25) is 0 Å². The summed E-state index contributed by atoms with van der Waals surface area (Å²) >= 11 is 2.03. The van der Waals surface area contributed by atoms with Crippen molar-refractivity contribution < 1.29 is 0 Å². The first-order chi connectivity index (χ1) is 11.7. The normalized spacial score (nSPS) is 20.2. The molecule has 2 aromatic heterocycles. The van der Waals surface area contributed by atoms with Gasteiger partial charge in [-0.05, 0) is 37.1 Å². The van der Waals surface area contributed by atoms with Crippen LogP contribution in [0.4, 0.5) is 5.82 Å². The Balaban J connectivity index is 1.74. The first-order valence-corrected chi connectivity index (χ1v) is 9.69. The van der Waals surface area contributed by atoms with Crippen molar-refractivity contribution >= 4 is 17.6 Å². The van der Waals surface area contributed by atoms with E-state index in [0.717, 1.165) is 29.2 Å². The van der Waals surface area contributed by atoms with Gasteiger partial charge < -0.3 is 10.3 Å². The third-order valence-electron chi connectivity index (χ3n) is 4.36. The minimum absolute atomic E-state index is 0.121. The van der Waals surface area contributed by atoms with Crippen molar-refractivity contribution in [1.82, 2.24) is 15.0 Å². The molecule has 0 spiro atoms. The van der Waals surface area contributed by atoms with Crippen LogP contribution in [0, 0.1) is 0 Å². The number of nitrogens with zero attached hydrogens (tertiary/aromatic N) is 2. The number of aromatic nitrogens is 3. The third kappa shape index (κ3) is 3.98. The lowest BCUT2D eigenvalue weighted by Crippen LogP contribution is -2.26. The first kappa shape index (κ1) is 17.0. The molecule has 0 aromatic carbocycles. The fourth-order valence-corrected chi connectivity index (χ4v) is 4.34. The van der Waals surface area contributed by atoms with E-state index < -0.39 is 0 Å². The van der Waals surface area contributed by atoms with E-state index in [1.54, 1.807) is 12.3 Å². The molecule has 2 heterocycles. The molecule has 0 aliphatic heterocycles. The summed E-state index contributed by atoms with van der Waals surface area (Å²) in [5.74, 6) is 2.63. The molecule has 1 aliphatic rings. The molecule has 1 aliphatic carbocycles. The van der Waals surface area contributed by atoms with Crippen molar-refractivity contribution in [2.75, 3.05) is 11.1 Å². The Labute approximate surface area is 146 Å². The number of anilines is 1. The summed E-state index contributed by atoms with van der Waals surface area (Å²) in [6.07, 6.45) is 6.28. The van der Waals surface area contributed by atoms with Crippen LogP contribution in [-0.2, 0) is 6.42 Å². The third-order valence-corrected chi connectivity index (χ3v) is 5.69. The smallest absolute Gasteiger partial charge is 0.251 e. The van der Waals surface area contributed by atoms with Crippen LogP contribution in [0.15, 0.2) is 29.2 Å². The van der Waals surface area contributed by atoms with E-state index in [1.165, 1.54) is 19.3 Å². The summed E-state index contributed by atoms with van der Waals surface area (Å²) in [5, 5.41) is 4.24. The highest BCUT2D eigenvalue weighted by Crippen LogP contribution is 2.31. The summed E-state index contributed by atoms with van der Waals surface area (Å²) in [6.45, 7) is 4.20. The van der Waals surface area contributed by atoms with E-state index in [1.807, 2.05) is 30.8 Å². The predicted octanol–water partition coefficient (Wildman–Crippen LogP) is 3.48. The Morgan fingerprint density at radius 2 is 2.21 bits per heavy atom. The highest BCUT2D eigenvalue weighted by atomic mass is 32.2. The van der Waals surface area contributed by atoms with Gasteiger partial charge in [-0.1, -0.05) is 20.3 Å². The van der Waals surface area contributed by atoms with Crippen molar-refractivity contribution in [1.29, 1.82) is 0 Å². The minimum atomic E-state index is -0.121. The molecule has 0 bridgehead atoms. The Bertz CT molecular complexity index is 729. The number of hydrogen-bond acceptors (Lipinski definition) is 5. The number of rotatable bonds is 6. The average molecular weight is 344 g/mol. The van der Waals surface area contributed by atoms with Gasteiger partial charge in [0.05, 0.1) is 0 Å². The van der Waals surface area contributed by atoms with Gasteiger partial charge in [0.1, 0.15) is 11.6 Å². The molecular formula is C18H24N4OS. The van der Waals surface area contributed by atoms with E-state index in [0.29, 0.717) is 17.1 Å². The standard InChI is InChI=1S/C18H24N4OS/c1-3-13-10-17(23)22-18(20-13)12-8-9-16(19-11-12)21-14-6-5-7-15(14)24-4-2/h8-11,14-15H,3-7H2,1-2H3,(H,19,21)(H,20,22,23). The van der Waals surface area contributed by atoms with E-state index >= 15 is 0 Å². The number of hydrogen-bond donors (Lipinski definition) is 2. The lowest BCUT2D eigenvalue weighted by atomic mass is 10.2. The fourth-order valence-electron chi connectivity index (χ4n) is 3.14. The fraction of sp³-hybridized carbons (Fsp3) is 0.500. The van der Waals surface area contributed by atoms with Crippen molar-refractivity contribution in [3.63, 3.8) is 0 Å². The van der Waals surface area contributed by atoms with Gasteiger partial charge in [0.15, 0.2) is 0 Å². The summed E-state index contributed by atoms with van der Waals surface area (Å²) < 4.78 is 0. The van der Waals surface area contributed by atoms with Crippen molar-refractivity contribution in [2.24, 2.45) is 0 Å². The highest BCUT2D eigenvalue weighted by Gasteiger charge is 2.27. The predicted molar refractivity (Wildman–Crippen MR) is 101 cm³/mol. The maximum absolute atomic E-state index is 11.7.